The van der Waals surface area contributed by atoms with Crippen molar-refractivity contribution in [2.75, 3.05) is 17.2 Å². The van der Waals surface area contributed by atoms with Crippen molar-refractivity contribution in [3.05, 3.63) is 23.8 Å². The van der Waals surface area contributed by atoms with Crippen molar-refractivity contribution in [1.82, 2.24) is 5.32 Å². The van der Waals surface area contributed by atoms with Crippen LogP contribution < -0.4 is 16.0 Å². The van der Waals surface area contributed by atoms with Crippen molar-refractivity contribution in [3.63, 3.8) is 0 Å². The predicted molar refractivity (Wildman–Crippen MR) is 68.4 cm³/mol. The smallest absolute Gasteiger partial charge is 0.246 e. The molecule has 2 aliphatic heterocycles. The van der Waals surface area contributed by atoms with E-state index in [1.165, 1.54) is 5.56 Å². The van der Waals surface area contributed by atoms with Gasteiger partial charge in [-0.15, -0.1) is 0 Å². The molecule has 2 heterocycles. The predicted octanol–water partition coefficient (Wildman–Crippen LogP) is 0.872. The number of hydrogen-bond donors (Lipinski definition) is 3. The minimum Gasteiger partial charge on any atom is -0.384 e. The number of carbonyl (C=O) groups excluding carboxylic acids is 2. The molecule has 0 aliphatic carbocycles. The molecule has 5 heteroatoms. The molecular weight excluding hydrogens is 230 g/mol. The standard InChI is InChI=1S/C13H15N3O2/c17-12-4-3-11(16-12)13(18)15-9-1-2-10-8(7-9)5-6-14-10/h1-2,7,11,14H,3-6H2,(H,15,18)(H,16,17)/t11-/m1/s1. The van der Waals surface area contributed by atoms with Crippen LogP contribution in [-0.2, 0) is 16.0 Å². The van der Waals surface area contributed by atoms with Gasteiger partial charge in [-0.25, -0.2) is 0 Å². The topological polar surface area (TPSA) is 70.2 Å². The van der Waals surface area contributed by atoms with Crippen LogP contribution in [0.25, 0.3) is 0 Å². The fraction of sp³-hybridized carbons (Fsp3) is 0.385. The average molecular weight is 245 g/mol. The molecule has 1 aromatic carbocycles. The molecule has 1 fully saturated rings. The van der Waals surface area contributed by atoms with Crippen LogP contribution in [-0.4, -0.2) is 24.4 Å². The van der Waals surface area contributed by atoms with Crippen LogP contribution in [0.4, 0.5) is 11.4 Å². The quantitative estimate of drug-likeness (QED) is 0.724. The summed E-state index contributed by atoms with van der Waals surface area (Å²) >= 11 is 0. The first-order valence-corrected chi connectivity index (χ1v) is 6.19. The van der Waals surface area contributed by atoms with Gasteiger partial charge in [0.25, 0.3) is 0 Å². The molecule has 1 saturated heterocycles. The molecule has 1 aromatic rings. The third-order valence-electron chi connectivity index (χ3n) is 3.39. The van der Waals surface area contributed by atoms with Gasteiger partial charge in [0.1, 0.15) is 6.04 Å². The van der Waals surface area contributed by atoms with E-state index in [2.05, 4.69) is 16.0 Å². The maximum atomic E-state index is 11.9. The minimum atomic E-state index is -0.385. The van der Waals surface area contributed by atoms with Crippen molar-refractivity contribution in [1.29, 1.82) is 0 Å². The first-order chi connectivity index (χ1) is 8.72. The molecule has 0 aromatic heterocycles. The Balaban J connectivity index is 1.69. The summed E-state index contributed by atoms with van der Waals surface area (Å²) in [6.45, 7) is 0.950. The Hall–Kier alpha value is -2.04. The number of nitrogens with one attached hydrogen (secondary N) is 3. The summed E-state index contributed by atoms with van der Waals surface area (Å²) in [5, 5.41) is 8.79. The van der Waals surface area contributed by atoms with E-state index in [1.54, 1.807) is 0 Å². The average Bonchev–Trinajstić information content (AvgIpc) is 2.96. The molecule has 0 unspecified atom stereocenters. The van der Waals surface area contributed by atoms with Gasteiger partial charge in [-0.05, 0) is 36.6 Å². The van der Waals surface area contributed by atoms with E-state index < -0.39 is 0 Å². The van der Waals surface area contributed by atoms with Gasteiger partial charge in [-0.2, -0.15) is 0 Å². The first-order valence-electron chi connectivity index (χ1n) is 6.19. The minimum absolute atomic E-state index is 0.0479. The van der Waals surface area contributed by atoms with Gasteiger partial charge < -0.3 is 16.0 Å². The highest BCUT2D eigenvalue weighted by Crippen LogP contribution is 2.25. The molecule has 5 nitrogen and oxygen atoms in total. The molecule has 2 aliphatic rings. The largest absolute Gasteiger partial charge is 0.384 e. The van der Waals surface area contributed by atoms with Crippen LogP contribution in [0.1, 0.15) is 18.4 Å². The number of carbonyl (C=O) groups is 2. The molecule has 18 heavy (non-hydrogen) atoms. The lowest BCUT2D eigenvalue weighted by atomic mass is 10.1. The first kappa shape index (κ1) is 11.1. The summed E-state index contributed by atoms with van der Waals surface area (Å²) in [4.78, 5) is 23.0. The highest BCUT2D eigenvalue weighted by atomic mass is 16.2. The third kappa shape index (κ3) is 2.03. The highest BCUT2D eigenvalue weighted by Gasteiger charge is 2.27. The molecule has 0 bridgehead atoms. The molecule has 0 spiro atoms. The van der Waals surface area contributed by atoms with E-state index in [0.29, 0.717) is 12.8 Å². The number of amides is 2. The lowest BCUT2D eigenvalue weighted by Crippen LogP contribution is -2.37. The third-order valence-corrected chi connectivity index (χ3v) is 3.39. The Bertz CT molecular complexity index is 513. The van der Waals surface area contributed by atoms with Crippen LogP contribution in [0.5, 0.6) is 0 Å². The van der Waals surface area contributed by atoms with Crippen LogP contribution in [0, 0.1) is 0 Å². The SMILES string of the molecule is O=C1CC[C@H](C(=O)Nc2ccc3c(c2)CCN3)N1. The zero-order chi connectivity index (χ0) is 12.5. The van der Waals surface area contributed by atoms with Gasteiger partial charge in [0.15, 0.2) is 0 Å². The lowest BCUT2D eigenvalue weighted by Gasteiger charge is -2.11. The van der Waals surface area contributed by atoms with E-state index in [0.717, 1.165) is 24.3 Å². The Morgan fingerprint density at radius 1 is 1.33 bits per heavy atom. The molecule has 0 saturated carbocycles. The van der Waals surface area contributed by atoms with Crippen LogP contribution in [0.2, 0.25) is 0 Å². The van der Waals surface area contributed by atoms with Crippen LogP contribution >= 0.6 is 0 Å². The fourth-order valence-electron chi connectivity index (χ4n) is 2.42. The van der Waals surface area contributed by atoms with E-state index in [-0.39, 0.29) is 17.9 Å². The maximum absolute atomic E-state index is 11.9. The van der Waals surface area contributed by atoms with Crippen molar-refractivity contribution < 1.29 is 9.59 Å². The van der Waals surface area contributed by atoms with Gasteiger partial charge in [0, 0.05) is 24.3 Å². The Morgan fingerprint density at radius 2 is 2.22 bits per heavy atom. The molecule has 1 atom stereocenters. The monoisotopic (exact) mass is 245 g/mol. The van der Waals surface area contributed by atoms with E-state index in [1.807, 2.05) is 18.2 Å². The van der Waals surface area contributed by atoms with Gasteiger partial charge in [0.05, 0.1) is 0 Å². The number of rotatable bonds is 2. The van der Waals surface area contributed by atoms with E-state index in [4.69, 9.17) is 0 Å². The van der Waals surface area contributed by atoms with Crippen molar-refractivity contribution >= 4 is 23.2 Å². The summed E-state index contributed by atoms with van der Waals surface area (Å²) < 4.78 is 0. The van der Waals surface area contributed by atoms with Crippen molar-refractivity contribution in [2.45, 2.75) is 25.3 Å². The number of fused-ring (bicyclic) bond motifs is 1. The summed E-state index contributed by atoms with van der Waals surface area (Å²) in [5.74, 6) is -0.181. The highest BCUT2D eigenvalue weighted by molar-refractivity contribution is 5.99. The van der Waals surface area contributed by atoms with E-state index >= 15 is 0 Å². The maximum Gasteiger partial charge on any atom is 0.246 e. The second-order valence-electron chi connectivity index (χ2n) is 4.70. The Labute approximate surface area is 105 Å². The number of hydrogen-bond acceptors (Lipinski definition) is 3. The molecular formula is C13H15N3O2. The number of benzene rings is 1. The Morgan fingerprint density at radius 3 is 3.00 bits per heavy atom. The summed E-state index contributed by atoms with van der Waals surface area (Å²) in [6.07, 6.45) is 2.00. The molecule has 2 amide bonds. The van der Waals surface area contributed by atoms with Crippen LogP contribution in [0.15, 0.2) is 18.2 Å². The second-order valence-corrected chi connectivity index (χ2v) is 4.70. The zero-order valence-electron chi connectivity index (χ0n) is 9.95. The molecule has 3 N–H and O–H groups in total. The summed E-state index contributed by atoms with van der Waals surface area (Å²) in [7, 11) is 0. The van der Waals surface area contributed by atoms with Gasteiger partial charge in [0.2, 0.25) is 11.8 Å². The van der Waals surface area contributed by atoms with Crippen molar-refractivity contribution in [2.24, 2.45) is 0 Å². The van der Waals surface area contributed by atoms with Crippen LogP contribution in [0.3, 0.4) is 0 Å². The van der Waals surface area contributed by atoms with Crippen molar-refractivity contribution in [3.8, 4) is 0 Å². The van der Waals surface area contributed by atoms with Gasteiger partial charge >= 0.3 is 0 Å². The lowest BCUT2D eigenvalue weighted by molar-refractivity contribution is -0.122. The van der Waals surface area contributed by atoms with Gasteiger partial charge in [-0.1, -0.05) is 0 Å². The number of anilines is 2. The summed E-state index contributed by atoms with van der Waals surface area (Å²) in [5.41, 5.74) is 3.16. The van der Waals surface area contributed by atoms with E-state index in [9.17, 15) is 9.59 Å². The zero-order valence-corrected chi connectivity index (χ0v) is 9.95. The second kappa shape index (κ2) is 4.33. The molecule has 0 radical (unpaired) electrons. The Kier molecular flexibility index (Phi) is 2.66. The fourth-order valence-corrected chi connectivity index (χ4v) is 2.42. The normalized spacial score (nSPS) is 21.1. The van der Waals surface area contributed by atoms with Gasteiger partial charge in [-0.3, -0.25) is 9.59 Å². The molecule has 94 valence electrons. The molecule has 3 rings (SSSR count). The summed E-state index contributed by atoms with van der Waals surface area (Å²) in [6, 6.07) is 5.46.